The van der Waals surface area contributed by atoms with Crippen LogP contribution >= 0.6 is 0 Å². The number of unbranched alkanes of at least 4 members (excludes halogenated alkanes) is 2. The van der Waals surface area contributed by atoms with Crippen molar-refractivity contribution in [3.8, 4) is 11.1 Å². The Kier molecular flexibility index (Phi) is 6.03. The first-order valence-electron chi connectivity index (χ1n) is 9.23. The SMILES string of the molecule is CCCCCC1CCC(c2ccc(-c3ccc(F)cc3)cc2)OC1. The summed E-state index contributed by atoms with van der Waals surface area (Å²) in [6.07, 6.45) is 7.89. The highest BCUT2D eigenvalue weighted by atomic mass is 19.1. The second-order valence-electron chi connectivity index (χ2n) is 6.89. The fourth-order valence-corrected chi connectivity index (χ4v) is 3.51. The minimum Gasteiger partial charge on any atom is -0.373 e. The van der Waals surface area contributed by atoms with Gasteiger partial charge in [0.15, 0.2) is 0 Å². The highest BCUT2D eigenvalue weighted by Gasteiger charge is 2.22. The number of halogens is 1. The van der Waals surface area contributed by atoms with Gasteiger partial charge in [-0.15, -0.1) is 0 Å². The molecular formula is C22H27FO. The maximum atomic E-state index is 13.0. The molecular weight excluding hydrogens is 299 g/mol. The first-order valence-corrected chi connectivity index (χ1v) is 9.23. The smallest absolute Gasteiger partial charge is 0.123 e. The van der Waals surface area contributed by atoms with Crippen molar-refractivity contribution in [1.82, 2.24) is 0 Å². The van der Waals surface area contributed by atoms with Gasteiger partial charge in [0.1, 0.15) is 5.82 Å². The summed E-state index contributed by atoms with van der Waals surface area (Å²) in [6.45, 7) is 3.15. The summed E-state index contributed by atoms with van der Waals surface area (Å²) in [7, 11) is 0. The second-order valence-corrected chi connectivity index (χ2v) is 6.89. The fraction of sp³-hybridized carbons (Fsp3) is 0.455. The summed E-state index contributed by atoms with van der Waals surface area (Å²) in [4.78, 5) is 0. The molecule has 0 amide bonds. The van der Waals surface area contributed by atoms with Gasteiger partial charge in [-0.25, -0.2) is 4.39 Å². The Labute approximate surface area is 144 Å². The third-order valence-electron chi connectivity index (χ3n) is 5.05. The van der Waals surface area contributed by atoms with Crippen LogP contribution in [-0.2, 0) is 4.74 Å². The maximum absolute atomic E-state index is 13.0. The van der Waals surface area contributed by atoms with Gasteiger partial charge in [-0.1, -0.05) is 62.6 Å². The lowest BCUT2D eigenvalue weighted by atomic mass is 9.90. The molecule has 0 saturated carbocycles. The van der Waals surface area contributed by atoms with Crippen LogP contribution in [0.1, 0.15) is 57.1 Å². The summed E-state index contributed by atoms with van der Waals surface area (Å²) < 4.78 is 19.1. The zero-order valence-electron chi connectivity index (χ0n) is 14.5. The van der Waals surface area contributed by atoms with Gasteiger partial charge in [-0.3, -0.25) is 0 Å². The standard InChI is InChI=1S/C22H27FO/c1-2-3-4-5-17-6-15-22(24-16-17)20-9-7-18(8-10-20)19-11-13-21(23)14-12-19/h7-14,17,22H,2-6,15-16H2,1H3. The first kappa shape index (κ1) is 17.2. The lowest BCUT2D eigenvalue weighted by molar-refractivity contribution is -0.0198. The van der Waals surface area contributed by atoms with Gasteiger partial charge < -0.3 is 4.74 Å². The third kappa shape index (κ3) is 4.45. The number of ether oxygens (including phenoxy) is 1. The summed E-state index contributed by atoms with van der Waals surface area (Å²) >= 11 is 0. The van der Waals surface area contributed by atoms with E-state index in [0.29, 0.717) is 0 Å². The Bertz CT molecular complexity index is 609. The normalized spacial score (nSPS) is 20.9. The maximum Gasteiger partial charge on any atom is 0.123 e. The van der Waals surface area contributed by atoms with E-state index in [9.17, 15) is 4.39 Å². The molecule has 0 bridgehead atoms. The monoisotopic (exact) mass is 326 g/mol. The van der Waals surface area contributed by atoms with Crippen LogP contribution < -0.4 is 0 Å². The van der Waals surface area contributed by atoms with E-state index in [-0.39, 0.29) is 11.9 Å². The van der Waals surface area contributed by atoms with Gasteiger partial charge in [0.25, 0.3) is 0 Å². The van der Waals surface area contributed by atoms with Gasteiger partial charge >= 0.3 is 0 Å². The molecule has 2 atom stereocenters. The predicted octanol–water partition coefficient (Wildman–Crippen LogP) is 6.54. The number of rotatable bonds is 6. The van der Waals surface area contributed by atoms with Crippen LogP contribution in [0.3, 0.4) is 0 Å². The van der Waals surface area contributed by atoms with Crippen LogP contribution in [0.4, 0.5) is 4.39 Å². The van der Waals surface area contributed by atoms with Gasteiger partial charge in [0, 0.05) is 0 Å². The minimum atomic E-state index is -0.195. The Morgan fingerprint density at radius 2 is 1.58 bits per heavy atom. The van der Waals surface area contributed by atoms with Crippen molar-refractivity contribution in [2.75, 3.05) is 6.61 Å². The average molecular weight is 326 g/mol. The molecule has 1 heterocycles. The van der Waals surface area contributed by atoms with Crippen molar-refractivity contribution in [2.24, 2.45) is 5.92 Å². The van der Waals surface area contributed by atoms with E-state index in [4.69, 9.17) is 4.74 Å². The third-order valence-corrected chi connectivity index (χ3v) is 5.05. The molecule has 0 N–H and O–H groups in total. The van der Waals surface area contributed by atoms with E-state index in [1.165, 1.54) is 49.8 Å². The van der Waals surface area contributed by atoms with Crippen molar-refractivity contribution in [1.29, 1.82) is 0 Å². The van der Waals surface area contributed by atoms with Crippen molar-refractivity contribution in [3.05, 3.63) is 59.9 Å². The number of hydrogen-bond donors (Lipinski definition) is 0. The molecule has 2 unspecified atom stereocenters. The average Bonchev–Trinajstić information content (AvgIpc) is 2.63. The van der Waals surface area contributed by atoms with Crippen molar-refractivity contribution in [2.45, 2.75) is 51.6 Å². The largest absolute Gasteiger partial charge is 0.373 e. The molecule has 128 valence electrons. The predicted molar refractivity (Wildman–Crippen MR) is 97.4 cm³/mol. The van der Waals surface area contributed by atoms with Crippen LogP contribution in [0.5, 0.6) is 0 Å². The minimum absolute atomic E-state index is 0.195. The van der Waals surface area contributed by atoms with E-state index < -0.39 is 0 Å². The van der Waals surface area contributed by atoms with E-state index >= 15 is 0 Å². The molecule has 3 rings (SSSR count). The molecule has 2 aromatic carbocycles. The van der Waals surface area contributed by atoms with Crippen molar-refractivity contribution in [3.63, 3.8) is 0 Å². The van der Waals surface area contributed by atoms with Gasteiger partial charge in [-0.05, 0) is 54.0 Å². The summed E-state index contributed by atoms with van der Waals surface area (Å²) in [5, 5.41) is 0. The van der Waals surface area contributed by atoms with Crippen LogP contribution in [0, 0.1) is 11.7 Å². The number of hydrogen-bond acceptors (Lipinski definition) is 1. The molecule has 1 saturated heterocycles. The Balaban J connectivity index is 1.56. The van der Waals surface area contributed by atoms with Gasteiger partial charge in [-0.2, -0.15) is 0 Å². The lowest BCUT2D eigenvalue weighted by Crippen LogP contribution is -2.20. The molecule has 24 heavy (non-hydrogen) atoms. The summed E-state index contributed by atoms with van der Waals surface area (Å²) in [6, 6.07) is 15.2. The van der Waals surface area contributed by atoms with Gasteiger partial charge in [0.05, 0.1) is 12.7 Å². The first-order chi connectivity index (χ1) is 11.8. The molecule has 1 nitrogen and oxygen atoms in total. The topological polar surface area (TPSA) is 9.23 Å². The van der Waals surface area contributed by atoms with Crippen molar-refractivity contribution < 1.29 is 9.13 Å². The number of benzene rings is 2. The summed E-state index contributed by atoms with van der Waals surface area (Å²) in [5.41, 5.74) is 3.42. The quantitative estimate of drug-likeness (QED) is 0.548. The molecule has 0 aromatic heterocycles. The lowest BCUT2D eigenvalue weighted by Gasteiger charge is -2.29. The van der Waals surface area contributed by atoms with E-state index in [0.717, 1.165) is 30.1 Å². The molecule has 2 heteroatoms. The van der Waals surface area contributed by atoms with Crippen molar-refractivity contribution >= 4 is 0 Å². The second kappa shape index (κ2) is 8.43. The molecule has 1 aliphatic rings. The Morgan fingerprint density at radius 3 is 2.17 bits per heavy atom. The molecule has 0 spiro atoms. The van der Waals surface area contributed by atoms with Crippen LogP contribution in [0.25, 0.3) is 11.1 Å². The Morgan fingerprint density at radius 1 is 0.917 bits per heavy atom. The van der Waals surface area contributed by atoms with Crippen LogP contribution in [0.15, 0.2) is 48.5 Å². The molecule has 1 fully saturated rings. The molecule has 0 radical (unpaired) electrons. The zero-order valence-corrected chi connectivity index (χ0v) is 14.5. The van der Waals surface area contributed by atoms with Gasteiger partial charge in [0.2, 0.25) is 0 Å². The zero-order chi connectivity index (χ0) is 16.8. The molecule has 2 aromatic rings. The van der Waals surface area contributed by atoms with E-state index in [1.807, 2.05) is 12.1 Å². The van der Waals surface area contributed by atoms with E-state index in [1.54, 1.807) is 0 Å². The molecule has 1 aliphatic heterocycles. The van der Waals surface area contributed by atoms with Crippen LogP contribution in [0.2, 0.25) is 0 Å². The highest BCUT2D eigenvalue weighted by molar-refractivity contribution is 5.63. The van der Waals surface area contributed by atoms with Crippen LogP contribution in [-0.4, -0.2) is 6.61 Å². The highest BCUT2D eigenvalue weighted by Crippen LogP contribution is 2.33. The fourth-order valence-electron chi connectivity index (χ4n) is 3.51. The summed E-state index contributed by atoms with van der Waals surface area (Å²) in [5.74, 6) is 0.547. The molecule has 0 aliphatic carbocycles. The Hall–Kier alpha value is -1.67. The van der Waals surface area contributed by atoms with E-state index in [2.05, 4.69) is 31.2 Å².